The zero-order valence-corrected chi connectivity index (χ0v) is 12.7. The fraction of sp³-hybridized carbons (Fsp3) is 0.643. The van der Waals surface area contributed by atoms with Gasteiger partial charge >= 0.3 is 6.03 Å². The lowest BCUT2D eigenvalue weighted by molar-refractivity contribution is 0.157. The van der Waals surface area contributed by atoms with Gasteiger partial charge in [-0.3, -0.25) is 4.98 Å². The van der Waals surface area contributed by atoms with Crippen molar-refractivity contribution < 1.29 is 4.79 Å². The molecule has 0 spiro atoms. The Morgan fingerprint density at radius 3 is 2.65 bits per heavy atom. The summed E-state index contributed by atoms with van der Waals surface area (Å²) in [6.07, 6.45) is 5.53. The van der Waals surface area contributed by atoms with Gasteiger partial charge in [-0.2, -0.15) is 0 Å². The first-order valence-corrected chi connectivity index (χ1v) is 6.97. The second-order valence-corrected chi connectivity index (χ2v) is 5.50. The van der Waals surface area contributed by atoms with Crippen molar-refractivity contribution in [3.05, 3.63) is 18.1 Å². The zero-order chi connectivity index (χ0) is 14.7. The van der Waals surface area contributed by atoms with Crippen LogP contribution < -0.4 is 4.90 Å². The molecule has 0 N–H and O–H groups in total. The molecule has 0 radical (unpaired) electrons. The van der Waals surface area contributed by atoms with Crippen molar-refractivity contribution in [3.63, 3.8) is 0 Å². The van der Waals surface area contributed by atoms with Gasteiger partial charge in [0.05, 0.1) is 11.7 Å². The molecule has 110 valence electrons. The van der Waals surface area contributed by atoms with Crippen molar-refractivity contribution in [3.8, 4) is 0 Å². The van der Waals surface area contributed by atoms with E-state index in [1.54, 1.807) is 31.4 Å². The Morgan fingerprint density at radius 1 is 1.30 bits per heavy atom. The van der Waals surface area contributed by atoms with Gasteiger partial charge in [0, 0.05) is 46.6 Å². The van der Waals surface area contributed by atoms with Crippen LogP contribution in [0, 0.1) is 6.92 Å². The first kappa shape index (κ1) is 14.6. The molecule has 1 aliphatic rings. The highest BCUT2D eigenvalue weighted by Crippen LogP contribution is 2.22. The molecule has 0 aliphatic carbocycles. The summed E-state index contributed by atoms with van der Waals surface area (Å²) in [4.78, 5) is 26.5. The number of nitrogens with zero attached hydrogens (tertiary/aromatic N) is 5. The first-order chi connectivity index (χ1) is 9.50. The van der Waals surface area contributed by atoms with Crippen molar-refractivity contribution in [2.24, 2.45) is 0 Å². The van der Waals surface area contributed by atoms with Crippen molar-refractivity contribution >= 4 is 11.8 Å². The molecule has 1 saturated heterocycles. The van der Waals surface area contributed by atoms with Gasteiger partial charge in [0.1, 0.15) is 5.82 Å². The third-order valence-corrected chi connectivity index (χ3v) is 3.78. The highest BCUT2D eigenvalue weighted by Gasteiger charge is 2.28. The van der Waals surface area contributed by atoms with E-state index in [4.69, 9.17) is 0 Å². The highest BCUT2D eigenvalue weighted by atomic mass is 16.2. The summed E-state index contributed by atoms with van der Waals surface area (Å²) in [6.45, 7) is 3.76. The van der Waals surface area contributed by atoms with Crippen LogP contribution in [0.2, 0.25) is 0 Å². The number of aryl methyl sites for hydroxylation is 1. The predicted molar refractivity (Wildman–Crippen MR) is 78.9 cm³/mol. The van der Waals surface area contributed by atoms with Gasteiger partial charge in [-0.1, -0.05) is 0 Å². The molecule has 2 amide bonds. The summed E-state index contributed by atoms with van der Waals surface area (Å²) < 4.78 is 0. The molecule has 1 aromatic rings. The van der Waals surface area contributed by atoms with E-state index >= 15 is 0 Å². The van der Waals surface area contributed by atoms with Gasteiger partial charge in [0.15, 0.2) is 0 Å². The maximum atomic E-state index is 12.1. The molecule has 0 aromatic carbocycles. The number of carbonyl (C=O) groups is 1. The smallest absolute Gasteiger partial charge is 0.319 e. The molecule has 1 fully saturated rings. The van der Waals surface area contributed by atoms with Crippen molar-refractivity contribution in [1.29, 1.82) is 0 Å². The number of piperidine rings is 1. The molecule has 6 nitrogen and oxygen atoms in total. The third kappa shape index (κ3) is 3.00. The standard InChI is InChI=1S/C14H23N5O/c1-11-13(16-8-7-15-11)19-9-5-6-12(10-19)18(4)14(20)17(2)3/h7-8,12H,5-6,9-10H2,1-4H3. The summed E-state index contributed by atoms with van der Waals surface area (Å²) in [5.41, 5.74) is 0.940. The van der Waals surface area contributed by atoms with Crippen LogP contribution in [0.1, 0.15) is 18.5 Å². The van der Waals surface area contributed by atoms with E-state index < -0.39 is 0 Å². The van der Waals surface area contributed by atoms with Crippen LogP contribution in [0.15, 0.2) is 12.4 Å². The summed E-state index contributed by atoms with van der Waals surface area (Å²) in [5.74, 6) is 0.933. The summed E-state index contributed by atoms with van der Waals surface area (Å²) in [7, 11) is 5.44. The van der Waals surface area contributed by atoms with Gasteiger partial charge < -0.3 is 14.7 Å². The predicted octanol–water partition coefficient (Wildman–Crippen LogP) is 1.37. The highest BCUT2D eigenvalue weighted by molar-refractivity contribution is 5.74. The van der Waals surface area contributed by atoms with Gasteiger partial charge in [-0.15, -0.1) is 0 Å². The minimum Gasteiger partial charge on any atom is -0.353 e. The number of hydrogen-bond donors (Lipinski definition) is 0. The van der Waals surface area contributed by atoms with Crippen molar-refractivity contribution in [2.75, 3.05) is 39.1 Å². The van der Waals surface area contributed by atoms with E-state index in [1.165, 1.54) is 0 Å². The van der Waals surface area contributed by atoms with Crippen molar-refractivity contribution in [2.45, 2.75) is 25.8 Å². The van der Waals surface area contributed by atoms with Gasteiger partial charge in [-0.25, -0.2) is 9.78 Å². The van der Waals surface area contributed by atoms with Crippen LogP contribution >= 0.6 is 0 Å². The minimum atomic E-state index is 0.0488. The fourth-order valence-corrected chi connectivity index (χ4v) is 2.65. The minimum absolute atomic E-state index is 0.0488. The Hall–Kier alpha value is -1.85. The van der Waals surface area contributed by atoms with Crippen LogP contribution in [-0.4, -0.2) is 66.1 Å². The van der Waals surface area contributed by atoms with Gasteiger partial charge in [0.2, 0.25) is 0 Å². The topological polar surface area (TPSA) is 52.6 Å². The second kappa shape index (κ2) is 6.07. The summed E-state index contributed by atoms with van der Waals surface area (Å²) in [6, 6.07) is 0.271. The van der Waals surface area contributed by atoms with Crippen LogP contribution in [0.4, 0.5) is 10.6 Å². The lowest BCUT2D eigenvalue weighted by atomic mass is 10.0. The number of amides is 2. The number of rotatable bonds is 2. The zero-order valence-electron chi connectivity index (χ0n) is 12.7. The SMILES string of the molecule is Cc1nccnc1N1CCCC(N(C)C(=O)N(C)C)C1. The molecule has 2 rings (SSSR count). The molecule has 1 atom stereocenters. The molecule has 6 heteroatoms. The normalized spacial score (nSPS) is 18.8. The maximum absolute atomic E-state index is 12.1. The molecular formula is C14H23N5O. The lowest BCUT2D eigenvalue weighted by Crippen LogP contribution is -2.51. The monoisotopic (exact) mass is 277 g/mol. The maximum Gasteiger partial charge on any atom is 0.319 e. The van der Waals surface area contributed by atoms with Crippen LogP contribution in [0.5, 0.6) is 0 Å². The Bertz CT molecular complexity index is 476. The molecule has 0 bridgehead atoms. The van der Waals surface area contributed by atoms with E-state index in [2.05, 4.69) is 14.9 Å². The molecule has 1 aromatic heterocycles. The molecular weight excluding hydrogens is 254 g/mol. The van der Waals surface area contributed by atoms with E-state index in [1.807, 2.05) is 18.9 Å². The molecule has 2 heterocycles. The molecule has 0 saturated carbocycles. The second-order valence-electron chi connectivity index (χ2n) is 5.50. The lowest BCUT2D eigenvalue weighted by Gasteiger charge is -2.39. The third-order valence-electron chi connectivity index (χ3n) is 3.78. The van der Waals surface area contributed by atoms with Gasteiger partial charge in [-0.05, 0) is 19.8 Å². The van der Waals surface area contributed by atoms with Crippen LogP contribution in [0.25, 0.3) is 0 Å². The van der Waals surface area contributed by atoms with E-state index in [-0.39, 0.29) is 12.1 Å². The molecule has 1 unspecified atom stereocenters. The molecule has 1 aliphatic heterocycles. The number of aromatic nitrogens is 2. The summed E-state index contributed by atoms with van der Waals surface area (Å²) >= 11 is 0. The number of urea groups is 1. The first-order valence-electron chi connectivity index (χ1n) is 6.97. The molecule has 20 heavy (non-hydrogen) atoms. The largest absolute Gasteiger partial charge is 0.353 e. The van der Waals surface area contributed by atoms with Crippen LogP contribution in [0.3, 0.4) is 0 Å². The Labute approximate surface area is 120 Å². The van der Waals surface area contributed by atoms with E-state index in [0.717, 1.165) is 37.4 Å². The van der Waals surface area contributed by atoms with E-state index in [9.17, 15) is 4.79 Å². The fourth-order valence-electron chi connectivity index (χ4n) is 2.65. The average Bonchev–Trinajstić information content (AvgIpc) is 2.46. The number of anilines is 1. The summed E-state index contributed by atoms with van der Waals surface area (Å²) in [5, 5.41) is 0. The Morgan fingerprint density at radius 2 is 2.00 bits per heavy atom. The van der Waals surface area contributed by atoms with Crippen molar-refractivity contribution in [1.82, 2.24) is 19.8 Å². The number of carbonyl (C=O) groups excluding carboxylic acids is 1. The number of hydrogen-bond acceptors (Lipinski definition) is 4. The number of likely N-dealkylation sites (N-methyl/N-ethyl adjacent to an activating group) is 1. The Balaban J connectivity index is 2.09. The van der Waals surface area contributed by atoms with E-state index in [0.29, 0.717) is 0 Å². The Kier molecular flexibility index (Phi) is 4.42. The van der Waals surface area contributed by atoms with Gasteiger partial charge in [0.25, 0.3) is 0 Å². The quantitative estimate of drug-likeness (QED) is 0.819. The van der Waals surface area contributed by atoms with Crippen LogP contribution in [-0.2, 0) is 0 Å². The average molecular weight is 277 g/mol.